The molecular formula is C9H16ClNO2. The Morgan fingerprint density at radius 1 is 1.23 bits per heavy atom. The molecule has 13 heavy (non-hydrogen) atoms. The molecule has 0 spiro atoms. The van der Waals surface area contributed by atoms with Crippen LogP contribution >= 0.6 is 0 Å². The first-order valence-corrected chi connectivity index (χ1v) is 3.85. The zero-order chi connectivity index (χ0) is 9.40. The summed E-state index contributed by atoms with van der Waals surface area (Å²) in [4.78, 5) is 0. The van der Waals surface area contributed by atoms with E-state index in [9.17, 15) is 0 Å². The molecule has 0 radical (unpaired) electrons. The molecule has 1 aromatic rings. The largest absolute Gasteiger partial charge is 1.00 e. The van der Waals surface area contributed by atoms with Gasteiger partial charge in [0, 0.05) is 19.1 Å². The van der Waals surface area contributed by atoms with Crippen molar-refractivity contribution in [3.8, 4) is 0 Å². The average molecular weight is 206 g/mol. The summed E-state index contributed by atoms with van der Waals surface area (Å²) < 4.78 is 2.08. The van der Waals surface area contributed by atoms with Gasteiger partial charge in [-0.25, -0.2) is 4.57 Å². The molecule has 0 atom stereocenters. The zero-order valence-corrected chi connectivity index (χ0v) is 8.70. The Labute approximate surface area is 85.1 Å². The van der Waals surface area contributed by atoms with Crippen molar-refractivity contribution in [3.05, 3.63) is 30.1 Å². The van der Waals surface area contributed by atoms with Crippen molar-refractivity contribution >= 4 is 0 Å². The van der Waals surface area contributed by atoms with Gasteiger partial charge in [-0.2, -0.15) is 0 Å². The van der Waals surface area contributed by atoms with Crippen molar-refractivity contribution in [1.82, 2.24) is 0 Å². The van der Waals surface area contributed by atoms with Crippen molar-refractivity contribution in [2.24, 2.45) is 7.05 Å². The predicted octanol–water partition coefficient (Wildman–Crippen LogP) is -3.21. The lowest BCUT2D eigenvalue weighted by molar-refractivity contribution is -0.677. The smallest absolute Gasteiger partial charge is 0.177 e. The molecule has 0 unspecified atom stereocenters. The van der Waals surface area contributed by atoms with Gasteiger partial charge in [0.25, 0.3) is 0 Å². The Morgan fingerprint density at radius 3 is 2.00 bits per heavy atom. The minimum atomic E-state index is -0.125. The number of halogens is 1. The second kappa shape index (κ2) is 9.45. The average Bonchev–Trinajstić information content (AvgIpc) is 2.11. The molecule has 2 N–H and O–H groups in total. The summed E-state index contributed by atoms with van der Waals surface area (Å²) in [5, 5.41) is 15.2. The molecule has 0 aliphatic rings. The fraction of sp³-hybridized carbons (Fsp3) is 0.444. The van der Waals surface area contributed by atoms with Crippen LogP contribution in [0, 0.1) is 6.92 Å². The lowest BCUT2D eigenvalue weighted by atomic mass is 10.4. The van der Waals surface area contributed by atoms with Gasteiger partial charge in [-0.05, 0) is 0 Å². The van der Waals surface area contributed by atoms with E-state index in [0.717, 1.165) is 0 Å². The number of aromatic nitrogens is 1. The monoisotopic (exact) mass is 205 g/mol. The lowest BCUT2D eigenvalue weighted by Gasteiger charge is -1.87. The van der Waals surface area contributed by atoms with Gasteiger partial charge in [-0.3, -0.25) is 0 Å². The van der Waals surface area contributed by atoms with E-state index in [4.69, 9.17) is 10.2 Å². The number of hydrogen-bond donors (Lipinski definition) is 2. The Balaban J connectivity index is 0. The van der Waals surface area contributed by atoms with Gasteiger partial charge in [-0.15, -0.1) is 0 Å². The summed E-state index contributed by atoms with van der Waals surface area (Å²) in [6.45, 7) is 1.83. The highest BCUT2D eigenvalue weighted by molar-refractivity contribution is 4.93. The van der Waals surface area contributed by atoms with E-state index >= 15 is 0 Å². The quantitative estimate of drug-likeness (QED) is 0.475. The van der Waals surface area contributed by atoms with Crippen molar-refractivity contribution in [1.29, 1.82) is 0 Å². The Kier molecular flexibility index (Phi) is 10.8. The van der Waals surface area contributed by atoms with E-state index in [1.807, 2.05) is 25.4 Å². The molecule has 0 aliphatic heterocycles. The maximum atomic E-state index is 7.62. The van der Waals surface area contributed by atoms with E-state index < -0.39 is 0 Å². The summed E-state index contributed by atoms with van der Waals surface area (Å²) in [5.74, 6) is 0. The lowest BCUT2D eigenvalue weighted by Crippen LogP contribution is -3.00. The van der Waals surface area contributed by atoms with Gasteiger partial charge in [0.2, 0.25) is 0 Å². The third-order valence-corrected chi connectivity index (χ3v) is 1.41. The highest BCUT2D eigenvalue weighted by atomic mass is 35.5. The molecule has 1 rings (SSSR count). The van der Waals surface area contributed by atoms with Crippen LogP contribution in [0.5, 0.6) is 0 Å². The van der Waals surface area contributed by atoms with Crippen LogP contribution in [-0.2, 0) is 7.05 Å². The number of rotatable bonds is 1. The first-order valence-electron chi connectivity index (χ1n) is 3.85. The summed E-state index contributed by atoms with van der Waals surface area (Å²) >= 11 is 0. The van der Waals surface area contributed by atoms with Crippen molar-refractivity contribution in [2.75, 3.05) is 13.2 Å². The third kappa shape index (κ3) is 7.71. The first kappa shape index (κ1) is 14.9. The van der Waals surface area contributed by atoms with Gasteiger partial charge in [0.15, 0.2) is 11.9 Å². The molecule has 0 saturated heterocycles. The summed E-state index contributed by atoms with van der Waals surface area (Å²) in [5.41, 5.74) is 1.28. The molecule has 0 aliphatic carbocycles. The second-order valence-corrected chi connectivity index (χ2v) is 2.40. The summed E-state index contributed by atoms with van der Waals surface area (Å²) in [7, 11) is 2.04. The molecule has 1 heterocycles. The van der Waals surface area contributed by atoms with Crippen LogP contribution in [0.4, 0.5) is 0 Å². The maximum Gasteiger partial charge on any atom is 0.177 e. The number of aliphatic hydroxyl groups is 2. The molecule has 3 nitrogen and oxygen atoms in total. The number of aliphatic hydroxyl groups excluding tert-OH is 2. The SMILES string of the molecule is Cc1cccc[n+]1C.OCCO.[Cl-]. The highest BCUT2D eigenvalue weighted by Gasteiger charge is 1.91. The number of pyridine rings is 1. The predicted molar refractivity (Wildman–Crippen MR) is 46.5 cm³/mol. The van der Waals surface area contributed by atoms with Crippen molar-refractivity contribution in [3.63, 3.8) is 0 Å². The van der Waals surface area contributed by atoms with Gasteiger partial charge in [0.1, 0.15) is 7.05 Å². The molecule has 76 valence electrons. The molecule has 0 fully saturated rings. The molecule has 4 heteroatoms. The minimum absolute atomic E-state index is 0. The maximum absolute atomic E-state index is 7.62. The molecule has 0 amide bonds. The fourth-order valence-electron chi connectivity index (χ4n) is 0.609. The third-order valence-electron chi connectivity index (χ3n) is 1.41. The Hall–Kier alpha value is -0.640. The van der Waals surface area contributed by atoms with Crippen LogP contribution < -0.4 is 17.0 Å². The van der Waals surface area contributed by atoms with Crippen LogP contribution in [0.15, 0.2) is 24.4 Å². The van der Waals surface area contributed by atoms with Crippen LogP contribution in [-0.4, -0.2) is 23.4 Å². The fourth-order valence-corrected chi connectivity index (χ4v) is 0.609. The number of nitrogens with zero attached hydrogens (tertiary/aromatic N) is 1. The highest BCUT2D eigenvalue weighted by Crippen LogP contribution is 1.83. The normalized spacial score (nSPS) is 8.00. The molecular weight excluding hydrogens is 190 g/mol. The Bertz CT molecular complexity index is 196. The standard InChI is InChI=1S/C7H10N.C2H6O2.ClH/c1-7-5-3-4-6-8(7)2;3-1-2-4;/h3-6H,1-2H3;3-4H,1-2H2;1H/q+1;;/p-1. The van der Waals surface area contributed by atoms with E-state index in [2.05, 4.69) is 17.6 Å². The zero-order valence-electron chi connectivity index (χ0n) is 7.94. The van der Waals surface area contributed by atoms with E-state index in [0.29, 0.717) is 0 Å². The minimum Gasteiger partial charge on any atom is -1.00 e. The second-order valence-electron chi connectivity index (χ2n) is 2.40. The van der Waals surface area contributed by atoms with Crippen LogP contribution in [0.2, 0.25) is 0 Å². The molecule has 0 aromatic carbocycles. The van der Waals surface area contributed by atoms with Gasteiger partial charge in [-0.1, -0.05) is 6.07 Å². The molecule has 1 aromatic heterocycles. The van der Waals surface area contributed by atoms with Crippen LogP contribution in [0.3, 0.4) is 0 Å². The van der Waals surface area contributed by atoms with Gasteiger partial charge >= 0.3 is 0 Å². The van der Waals surface area contributed by atoms with Gasteiger partial charge in [0.05, 0.1) is 13.2 Å². The van der Waals surface area contributed by atoms with E-state index in [1.165, 1.54) is 5.69 Å². The van der Waals surface area contributed by atoms with Crippen LogP contribution in [0.25, 0.3) is 0 Å². The van der Waals surface area contributed by atoms with E-state index in [1.54, 1.807) is 0 Å². The molecule has 0 bridgehead atoms. The molecule has 0 saturated carbocycles. The van der Waals surface area contributed by atoms with Gasteiger partial charge < -0.3 is 22.6 Å². The first-order chi connectivity index (χ1) is 5.72. The summed E-state index contributed by atoms with van der Waals surface area (Å²) in [6.07, 6.45) is 2.04. The number of aryl methyl sites for hydroxylation is 2. The summed E-state index contributed by atoms with van der Waals surface area (Å²) in [6, 6.07) is 6.14. The van der Waals surface area contributed by atoms with E-state index in [-0.39, 0.29) is 25.6 Å². The number of hydrogen-bond acceptors (Lipinski definition) is 2. The van der Waals surface area contributed by atoms with Crippen molar-refractivity contribution < 1.29 is 27.2 Å². The van der Waals surface area contributed by atoms with Crippen molar-refractivity contribution in [2.45, 2.75) is 6.92 Å². The Morgan fingerprint density at radius 2 is 1.77 bits per heavy atom. The van der Waals surface area contributed by atoms with Crippen LogP contribution in [0.1, 0.15) is 5.69 Å². The topological polar surface area (TPSA) is 44.3 Å².